The number of guanidine groups is 1. The Morgan fingerprint density at radius 2 is 1.77 bits per heavy atom. The maximum atomic E-state index is 12.7. The number of likely N-dealkylation sites (tertiary alicyclic amines) is 1. The number of rotatable bonds is 6. The summed E-state index contributed by atoms with van der Waals surface area (Å²) in [6.07, 6.45) is 2.03. The summed E-state index contributed by atoms with van der Waals surface area (Å²) in [7, 11) is 0. The molecule has 39 heavy (non-hydrogen) atoms. The predicted octanol–water partition coefficient (Wildman–Crippen LogP) is 1.31. The molecule has 8 N–H and O–H groups in total. The van der Waals surface area contributed by atoms with Gasteiger partial charge in [0.25, 0.3) is 0 Å². The number of nitrogens with two attached hydrogens (primary N) is 2. The first kappa shape index (κ1) is 28.0. The van der Waals surface area contributed by atoms with Crippen LogP contribution in [0.2, 0.25) is 10.2 Å². The van der Waals surface area contributed by atoms with E-state index >= 15 is 0 Å². The highest BCUT2D eigenvalue weighted by atomic mass is 35.5. The third-order valence-corrected chi connectivity index (χ3v) is 7.09. The fourth-order valence-corrected chi connectivity index (χ4v) is 4.60. The van der Waals surface area contributed by atoms with E-state index in [1.807, 2.05) is 0 Å². The van der Waals surface area contributed by atoms with Crippen molar-refractivity contribution in [3.8, 4) is 0 Å². The predicted molar refractivity (Wildman–Crippen MR) is 148 cm³/mol. The minimum absolute atomic E-state index is 0.0136. The summed E-state index contributed by atoms with van der Waals surface area (Å²) in [5, 5.41) is 17.3. The lowest BCUT2D eigenvalue weighted by Crippen LogP contribution is -2.53. The van der Waals surface area contributed by atoms with Crippen LogP contribution in [0.4, 0.5) is 11.6 Å². The van der Waals surface area contributed by atoms with Crippen LogP contribution in [-0.2, 0) is 9.59 Å². The van der Waals surface area contributed by atoms with Crippen LogP contribution in [0, 0.1) is 5.41 Å². The van der Waals surface area contributed by atoms with Crippen molar-refractivity contribution in [3.05, 3.63) is 45.7 Å². The van der Waals surface area contributed by atoms with Crippen LogP contribution in [0.3, 0.4) is 0 Å². The topological polar surface area (TPSA) is 205 Å². The van der Waals surface area contributed by atoms with Gasteiger partial charge in [-0.25, -0.2) is 9.97 Å². The van der Waals surface area contributed by atoms with Crippen LogP contribution in [0.1, 0.15) is 48.2 Å². The van der Waals surface area contributed by atoms with Crippen molar-refractivity contribution in [1.29, 1.82) is 5.41 Å². The van der Waals surface area contributed by atoms with Crippen LogP contribution >= 0.6 is 23.2 Å². The average molecular weight is 575 g/mol. The zero-order valence-electron chi connectivity index (χ0n) is 20.9. The quantitative estimate of drug-likeness (QED) is 0.217. The normalized spacial score (nSPS) is 17.0. The van der Waals surface area contributed by atoms with Crippen molar-refractivity contribution in [1.82, 2.24) is 30.8 Å². The lowest BCUT2D eigenvalue weighted by Gasteiger charge is -2.38. The highest BCUT2D eigenvalue weighted by Crippen LogP contribution is 2.25. The molecule has 1 aromatic heterocycles. The molecule has 15 heteroatoms. The number of nitrogen functional groups attached to an aromatic ring is 2. The minimum Gasteiger partial charge on any atom is -0.382 e. The van der Waals surface area contributed by atoms with E-state index in [9.17, 15) is 14.4 Å². The van der Waals surface area contributed by atoms with Crippen LogP contribution in [-0.4, -0.2) is 69.6 Å². The van der Waals surface area contributed by atoms with Crippen molar-refractivity contribution in [2.75, 3.05) is 31.1 Å². The molecular formula is C24H28Cl2N10O3. The van der Waals surface area contributed by atoms with Crippen molar-refractivity contribution in [3.63, 3.8) is 0 Å². The zero-order valence-corrected chi connectivity index (χ0v) is 22.4. The van der Waals surface area contributed by atoms with Crippen LogP contribution in [0.5, 0.6) is 0 Å². The Hall–Kier alpha value is -3.97. The van der Waals surface area contributed by atoms with E-state index in [0.717, 1.165) is 0 Å². The number of carbonyl (C=O) groups excluding carboxylic acids is 3. The molecule has 0 bridgehead atoms. The van der Waals surface area contributed by atoms with E-state index in [0.29, 0.717) is 49.5 Å². The molecule has 206 valence electrons. The van der Waals surface area contributed by atoms with Crippen molar-refractivity contribution in [2.45, 2.75) is 37.6 Å². The number of aliphatic imine (C=N–C) groups is 1. The Labute approximate surface area is 234 Å². The van der Waals surface area contributed by atoms with E-state index in [2.05, 4.69) is 30.9 Å². The van der Waals surface area contributed by atoms with E-state index in [1.165, 1.54) is 0 Å². The monoisotopic (exact) mass is 574 g/mol. The Morgan fingerprint density at radius 3 is 2.46 bits per heavy atom. The fraction of sp³-hybridized carbons (Fsp3) is 0.375. The smallest absolute Gasteiger partial charge is 0.302 e. The number of amidine groups is 1. The first-order valence-electron chi connectivity index (χ1n) is 12.2. The summed E-state index contributed by atoms with van der Waals surface area (Å²) >= 11 is 11.7. The molecule has 13 nitrogen and oxygen atoms in total. The molecule has 3 heterocycles. The molecule has 0 atom stereocenters. The number of piperidine rings is 1. The molecule has 1 spiro atoms. The number of nitrogens with zero attached hydrogens (tertiary/aromatic N) is 4. The van der Waals surface area contributed by atoms with Gasteiger partial charge in [0.15, 0.2) is 28.4 Å². The van der Waals surface area contributed by atoms with Gasteiger partial charge in [-0.1, -0.05) is 23.2 Å². The van der Waals surface area contributed by atoms with E-state index in [1.54, 1.807) is 29.2 Å². The molecule has 1 aromatic carbocycles. The van der Waals surface area contributed by atoms with Crippen LogP contribution < -0.4 is 27.4 Å². The standard InChI is InChI=1S/C24H28Cl2N10O3/c25-14-6-4-13(5-7-14)19(27)31-15(37)2-1-3-16(38)36-10-8-24(9-11-36)12-30-23(35-24)34-22(39)17-20(28)33-21(29)18(26)32-17/h4-7H,1-3,8-12H2,(H2,27,31,37)(H4,28,29,33)(H2,30,34,35,39). The number of amides is 3. The van der Waals surface area contributed by atoms with E-state index in [4.69, 9.17) is 40.1 Å². The molecule has 2 aliphatic rings. The first-order valence-corrected chi connectivity index (χ1v) is 13.0. The number of hydrogen-bond acceptors (Lipinski definition) is 8. The highest BCUT2D eigenvalue weighted by molar-refractivity contribution is 6.32. The Bertz CT molecular complexity index is 1320. The fourth-order valence-electron chi connectivity index (χ4n) is 4.35. The largest absolute Gasteiger partial charge is 0.382 e. The second-order valence-electron chi connectivity index (χ2n) is 9.32. The molecule has 0 radical (unpaired) electrons. The third kappa shape index (κ3) is 6.92. The highest BCUT2D eigenvalue weighted by Gasteiger charge is 2.40. The van der Waals surface area contributed by atoms with Gasteiger partial charge in [-0.2, -0.15) is 4.99 Å². The summed E-state index contributed by atoms with van der Waals surface area (Å²) in [6.45, 7) is 1.58. The maximum Gasteiger partial charge on any atom is 0.302 e. The Kier molecular flexibility index (Phi) is 8.51. The third-order valence-electron chi connectivity index (χ3n) is 6.56. The Morgan fingerprint density at radius 1 is 1.08 bits per heavy atom. The molecule has 2 fully saturated rings. The van der Waals surface area contributed by atoms with Gasteiger partial charge in [-0.15, -0.1) is 0 Å². The van der Waals surface area contributed by atoms with Crippen molar-refractivity contribution < 1.29 is 14.4 Å². The molecule has 3 amide bonds. The van der Waals surface area contributed by atoms with Gasteiger partial charge < -0.3 is 32.3 Å². The van der Waals surface area contributed by atoms with Gasteiger partial charge in [-0.05, 0) is 43.5 Å². The van der Waals surface area contributed by atoms with Gasteiger partial charge in [0.2, 0.25) is 11.8 Å². The minimum atomic E-state index is -0.714. The number of halogens is 2. The van der Waals surface area contributed by atoms with Crippen molar-refractivity contribution >= 4 is 64.4 Å². The summed E-state index contributed by atoms with van der Waals surface area (Å²) in [6, 6.07) is 6.60. The molecule has 2 aromatic rings. The van der Waals surface area contributed by atoms with E-state index in [-0.39, 0.29) is 64.5 Å². The zero-order chi connectivity index (χ0) is 28.2. The van der Waals surface area contributed by atoms with Gasteiger partial charge in [0, 0.05) is 43.1 Å². The molecule has 4 rings (SSSR count). The van der Waals surface area contributed by atoms with Crippen LogP contribution in [0.15, 0.2) is 29.3 Å². The second-order valence-corrected chi connectivity index (χ2v) is 10.1. The van der Waals surface area contributed by atoms with Crippen molar-refractivity contribution in [2.24, 2.45) is 4.99 Å². The number of nitrogens with one attached hydrogen (secondary N) is 4. The summed E-state index contributed by atoms with van der Waals surface area (Å²) in [4.78, 5) is 50.9. The first-order chi connectivity index (χ1) is 18.5. The van der Waals surface area contributed by atoms with Gasteiger partial charge in [0.1, 0.15) is 5.84 Å². The molecule has 2 saturated heterocycles. The Balaban J connectivity index is 1.21. The number of aromatic nitrogens is 2. The SMILES string of the molecule is N=C(NC(=O)CCCC(=O)N1CCC2(CC1)CN/C(=N\C(=O)c1nc(Cl)c(N)nc1N)N2)c1ccc(Cl)cc1. The number of carbonyl (C=O) groups is 3. The number of hydrogen-bond donors (Lipinski definition) is 6. The second kappa shape index (κ2) is 11.8. The molecule has 0 aliphatic carbocycles. The molecular weight excluding hydrogens is 547 g/mol. The molecule has 0 saturated carbocycles. The summed E-state index contributed by atoms with van der Waals surface area (Å²) in [5.41, 5.74) is 11.3. The maximum absolute atomic E-state index is 12.7. The van der Waals surface area contributed by atoms with Gasteiger partial charge >= 0.3 is 5.91 Å². The summed E-state index contributed by atoms with van der Waals surface area (Å²) < 4.78 is 0. The molecule has 0 unspecified atom stereocenters. The average Bonchev–Trinajstić information content (AvgIpc) is 3.28. The summed E-state index contributed by atoms with van der Waals surface area (Å²) in [5.74, 6) is -1.04. The number of anilines is 2. The van der Waals surface area contributed by atoms with Gasteiger partial charge in [0.05, 0.1) is 5.54 Å². The van der Waals surface area contributed by atoms with Crippen LogP contribution in [0.25, 0.3) is 0 Å². The van der Waals surface area contributed by atoms with Gasteiger partial charge in [-0.3, -0.25) is 19.8 Å². The lowest BCUT2D eigenvalue weighted by molar-refractivity contribution is -0.133. The lowest BCUT2D eigenvalue weighted by atomic mass is 9.88. The number of benzene rings is 1. The molecule has 2 aliphatic heterocycles. The van der Waals surface area contributed by atoms with E-state index < -0.39 is 5.91 Å².